The van der Waals surface area contributed by atoms with Crippen LogP contribution in [0.25, 0.3) is 0 Å². The number of hydrogen-bond donors (Lipinski definition) is 0. The maximum atomic E-state index is 4.90. The monoisotopic (exact) mass is 111 g/mol. The molecule has 0 radical (unpaired) electrons. The molecule has 1 rings (SSSR count). The molecule has 1 aliphatic heterocycles. The zero-order valence-corrected chi connectivity index (χ0v) is 4.92. The minimum absolute atomic E-state index is 0.885. The molecule has 0 fully saturated rings. The minimum Gasteiger partial charge on any atom is -0.496 e. The lowest BCUT2D eigenvalue weighted by Gasteiger charge is -2.02. The highest BCUT2D eigenvalue weighted by Gasteiger charge is 1.93. The highest BCUT2D eigenvalue weighted by atomic mass is 16.5. The number of rotatable bonds is 1. The molecule has 0 saturated heterocycles. The van der Waals surface area contributed by atoms with Crippen LogP contribution in [0.15, 0.2) is 16.8 Å². The van der Waals surface area contributed by atoms with Gasteiger partial charge in [-0.15, -0.1) is 0 Å². The first kappa shape index (κ1) is 5.35. The Morgan fingerprint density at radius 2 is 2.62 bits per heavy atom. The molecule has 1 heterocycles. The summed E-state index contributed by atoms with van der Waals surface area (Å²) in [7, 11) is 1.66. The number of aliphatic imine (C=N–C) groups is 1. The van der Waals surface area contributed by atoms with Gasteiger partial charge in [0.2, 0.25) is 0 Å². The van der Waals surface area contributed by atoms with Gasteiger partial charge in [-0.3, -0.25) is 4.99 Å². The highest BCUT2D eigenvalue weighted by Crippen LogP contribution is 1.99. The first-order valence-corrected chi connectivity index (χ1v) is 2.67. The zero-order valence-electron chi connectivity index (χ0n) is 4.92. The van der Waals surface area contributed by atoms with Crippen LogP contribution in [-0.4, -0.2) is 19.9 Å². The fraction of sp³-hybridized carbons (Fsp3) is 0.500. The van der Waals surface area contributed by atoms with Crippen LogP contribution < -0.4 is 0 Å². The van der Waals surface area contributed by atoms with Crippen molar-refractivity contribution in [2.24, 2.45) is 4.99 Å². The molecule has 0 atom stereocenters. The van der Waals surface area contributed by atoms with Crippen molar-refractivity contribution in [3.63, 3.8) is 0 Å². The van der Waals surface area contributed by atoms with Crippen LogP contribution in [0.1, 0.15) is 6.42 Å². The summed E-state index contributed by atoms with van der Waals surface area (Å²) in [6, 6.07) is 0. The number of ether oxygens (including phenoxy) is 1. The van der Waals surface area contributed by atoms with Crippen LogP contribution in [0, 0.1) is 0 Å². The number of methoxy groups -OCH3 is 1. The molecule has 0 aromatic heterocycles. The Balaban J connectivity index is 2.51. The molecule has 0 N–H and O–H groups in total. The predicted octanol–water partition coefficient (Wildman–Crippen LogP) is 0.991. The Bertz CT molecular complexity index is 126. The van der Waals surface area contributed by atoms with Crippen LogP contribution in [0.5, 0.6) is 0 Å². The van der Waals surface area contributed by atoms with E-state index in [1.807, 2.05) is 6.08 Å². The van der Waals surface area contributed by atoms with Gasteiger partial charge in [0.1, 0.15) is 5.76 Å². The van der Waals surface area contributed by atoms with E-state index < -0.39 is 0 Å². The molecule has 1 aliphatic rings. The largest absolute Gasteiger partial charge is 0.496 e. The van der Waals surface area contributed by atoms with Gasteiger partial charge < -0.3 is 4.74 Å². The quantitative estimate of drug-likeness (QED) is 0.494. The fourth-order valence-electron chi connectivity index (χ4n) is 0.625. The third kappa shape index (κ3) is 1.09. The lowest BCUT2D eigenvalue weighted by molar-refractivity contribution is 0.314. The molecule has 0 aromatic carbocycles. The SMILES string of the molecule is COC1=CCCN=C1. The Morgan fingerprint density at radius 1 is 1.75 bits per heavy atom. The molecular formula is C6H9NO. The highest BCUT2D eigenvalue weighted by molar-refractivity contribution is 5.76. The molecule has 0 aromatic rings. The summed E-state index contributed by atoms with van der Waals surface area (Å²) in [5, 5.41) is 0. The van der Waals surface area contributed by atoms with E-state index in [0.29, 0.717) is 0 Å². The van der Waals surface area contributed by atoms with Crippen molar-refractivity contribution in [2.75, 3.05) is 13.7 Å². The van der Waals surface area contributed by atoms with Crippen molar-refractivity contribution < 1.29 is 4.74 Å². The summed E-state index contributed by atoms with van der Waals surface area (Å²) < 4.78 is 4.90. The van der Waals surface area contributed by atoms with Crippen molar-refractivity contribution >= 4 is 6.21 Å². The van der Waals surface area contributed by atoms with Crippen LogP contribution in [0.2, 0.25) is 0 Å². The third-order valence-corrected chi connectivity index (χ3v) is 1.06. The average Bonchev–Trinajstić information content (AvgIpc) is 1.90. The van der Waals surface area contributed by atoms with Crippen molar-refractivity contribution in [2.45, 2.75) is 6.42 Å². The van der Waals surface area contributed by atoms with Gasteiger partial charge in [0.25, 0.3) is 0 Å². The summed E-state index contributed by atoms with van der Waals surface area (Å²) >= 11 is 0. The zero-order chi connectivity index (χ0) is 5.82. The summed E-state index contributed by atoms with van der Waals surface area (Å²) in [6.45, 7) is 0.910. The lowest BCUT2D eigenvalue weighted by Crippen LogP contribution is -1.95. The van der Waals surface area contributed by atoms with Gasteiger partial charge in [-0.05, 0) is 12.5 Å². The first-order chi connectivity index (χ1) is 3.93. The lowest BCUT2D eigenvalue weighted by atomic mass is 10.3. The number of allylic oxidation sites excluding steroid dienone is 1. The maximum Gasteiger partial charge on any atom is 0.132 e. The molecule has 0 saturated carbocycles. The summed E-state index contributed by atoms with van der Waals surface area (Å²) in [6.07, 6.45) is 4.80. The van der Waals surface area contributed by atoms with Crippen molar-refractivity contribution in [1.82, 2.24) is 0 Å². The Labute approximate surface area is 48.9 Å². The molecule has 0 aliphatic carbocycles. The summed E-state index contributed by atoms with van der Waals surface area (Å²) in [4.78, 5) is 4.01. The minimum atomic E-state index is 0.885. The van der Waals surface area contributed by atoms with Crippen LogP contribution >= 0.6 is 0 Å². The smallest absolute Gasteiger partial charge is 0.132 e. The van der Waals surface area contributed by atoms with Gasteiger partial charge in [-0.1, -0.05) is 0 Å². The van der Waals surface area contributed by atoms with E-state index in [0.717, 1.165) is 18.7 Å². The molecule has 44 valence electrons. The van der Waals surface area contributed by atoms with Gasteiger partial charge in [0, 0.05) is 6.54 Å². The maximum absolute atomic E-state index is 4.90. The van der Waals surface area contributed by atoms with Crippen molar-refractivity contribution in [1.29, 1.82) is 0 Å². The Morgan fingerprint density at radius 3 is 3.00 bits per heavy atom. The molecule has 0 bridgehead atoms. The van der Waals surface area contributed by atoms with Crippen LogP contribution in [-0.2, 0) is 4.74 Å². The molecule has 2 heteroatoms. The fourth-order valence-corrected chi connectivity index (χ4v) is 0.625. The number of hydrogen-bond acceptors (Lipinski definition) is 2. The molecule has 0 unspecified atom stereocenters. The number of dihydropyridines is 1. The van der Waals surface area contributed by atoms with Gasteiger partial charge in [-0.2, -0.15) is 0 Å². The average molecular weight is 111 g/mol. The second-order valence-electron chi connectivity index (χ2n) is 1.63. The van der Waals surface area contributed by atoms with Gasteiger partial charge in [0.15, 0.2) is 0 Å². The van der Waals surface area contributed by atoms with Gasteiger partial charge >= 0.3 is 0 Å². The third-order valence-electron chi connectivity index (χ3n) is 1.06. The predicted molar refractivity (Wildman–Crippen MR) is 33.1 cm³/mol. The van der Waals surface area contributed by atoms with E-state index in [1.165, 1.54) is 0 Å². The summed E-state index contributed by atoms with van der Waals surface area (Å²) in [5.41, 5.74) is 0. The molecule has 2 nitrogen and oxygen atoms in total. The van der Waals surface area contributed by atoms with Crippen molar-refractivity contribution in [3.8, 4) is 0 Å². The second-order valence-corrected chi connectivity index (χ2v) is 1.63. The van der Waals surface area contributed by atoms with E-state index in [9.17, 15) is 0 Å². The van der Waals surface area contributed by atoms with E-state index in [4.69, 9.17) is 4.74 Å². The van der Waals surface area contributed by atoms with Gasteiger partial charge in [0.05, 0.1) is 13.3 Å². The topological polar surface area (TPSA) is 21.6 Å². The first-order valence-electron chi connectivity index (χ1n) is 2.67. The normalized spacial score (nSPS) is 17.9. The molecular weight excluding hydrogens is 102 g/mol. The Hall–Kier alpha value is -0.790. The molecule has 0 spiro atoms. The second kappa shape index (κ2) is 2.50. The molecule has 8 heavy (non-hydrogen) atoms. The van der Waals surface area contributed by atoms with E-state index in [2.05, 4.69) is 4.99 Å². The Kier molecular flexibility index (Phi) is 1.67. The number of nitrogens with zero attached hydrogens (tertiary/aromatic N) is 1. The standard InChI is InChI=1S/C6H9NO/c1-8-6-3-2-4-7-5-6/h3,5H,2,4H2,1H3. The van der Waals surface area contributed by atoms with Gasteiger partial charge in [-0.25, -0.2) is 0 Å². The molecule has 0 amide bonds. The van der Waals surface area contributed by atoms with E-state index in [1.54, 1.807) is 13.3 Å². The van der Waals surface area contributed by atoms with Crippen molar-refractivity contribution in [3.05, 3.63) is 11.8 Å². The van der Waals surface area contributed by atoms with E-state index >= 15 is 0 Å². The summed E-state index contributed by atoms with van der Waals surface area (Å²) in [5.74, 6) is 0.885. The van der Waals surface area contributed by atoms with Crippen LogP contribution in [0.3, 0.4) is 0 Å². The van der Waals surface area contributed by atoms with Crippen LogP contribution in [0.4, 0.5) is 0 Å². The van der Waals surface area contributed by atoms with E-state index in [-0.39, 0.29) is 0 Å².